The van der Waals surface area contributed by atoms with E-state index in [0.29, 0.717) is 0 Å². The van der Waals surface area contributed by atoms with E-state index in [9.17, 15) is 4.79 Å². The van der Waals surface area contributed by atoms with E-state index in [2.05, 4.69) is 47.2 Å². The maximum Gasteiger partial charge on any atom is 0.244 e. The number of benzene rings is 1. The summed E-state index contributed by atoms with van der Waals surface area (Å²) in [6.45, 7) is 4.93. The van der Waals surface area contributed by atoms with E-state index >= 15 is 0 Å². The Bertz CT molecular complexity index is 450. The molecule has 0 spiro atoms. The Kier molecular flexibility index (Phi) is 4.07. The molecule has 1 aromatic rings. The molecule has 1 unspecified atom stereocenters. The number of carbonyl (C=O) groups excluding carboxylic acids is 1. The minimum Gasteiger partial charge on any atom is -0.310 e. The van der Waals surface area contributed by atoms with Crippen LogP contribution in [0.4, 0.5) is 5.69 Å². The number of carbonyl (C=O) groups is 1. The van der Waals surface area contributed by atoms with Gasteiger partial charge >= 0.3 is 0 Å². The van der Waals surface area contributed by atoms with E-state index in [-0.39, 0.29) is 11.9 Å². The van der Waals surface area contributed by atoms with E-state index in [0.717, 1.165) is 35.1 Å². The molecular formula is C14H19BrN2O. The van der Waals surface area contributed by atoms with Crippen LogP contribution in [0.2, 0.25) is 0 Å². The lowest BCUT2D eigenvalue weighted by Crippen LogP contribution is -2.50. The third-order valence-corrected chi connectivity index (χ3v) is 4.06. The number of amides is 1. The van der Waals surface area contributed by atoms with Crippen LogP contribution in [0.5, 0.6) is 0 Å². The highest BCUT2D eigenvalue weighted by Gasteiger charge is 2.30. The van der Waals surface area contributed by atoms with Crippen LogP contribution in [-0.4, -0.2) is 25.5 Å². The molecule has 3 nitrogen and oxygen atoms in total. The van der Waals surface area contributed by atoms with Gasteiger partial charge in [0.1, 0.15) is 0 Å². The number of nitrogens with zero attached hydrogens (tertiary/aromatic N) is 1. The Morgan fingerprint density at radius 3 is 2.72 bits per heavy atom. The Hall–Kier alpha value is -0.870. The van der Waals surface area contributed by atoms with Gasteiger partial charge in [-0.05, 0) is 66.9 Å². The van der Waals surface area contributed by atoms with Gasteiger partial charge in [0, 0.05) is 11.0 Å². The number of hydrogen-bond donors (Lipinski definition) is 1. The third kappa shape index (κ3) is 2.45. The minimum atomic E-state index is -0.0497. The summed E-state index contributed by atoms with van der Waals surface area (Å²) in [6.07, 6.45) is 1.96. The van der Waals surface area contributed by atoms with Crippen molar-refractivity contribution < 1.29 is 4.79 Å². The molecule has 1 fully saturated rings. The van der Waals surface area contributed by atoms with Crippen molar-refractivity contribution in [2.45, 2.75) is 32.7 Å². The highest BCUT2D eigenvalue weighted by Crippen LogP contribution is 2.33. The van der Waals surface area contributed by atoms with Crippen molar-refractivity contribution in [2.24, 2.45) is 0 Å². The minimum absolute atomic E-state index is 0.0497. The summed E-state index contributed by atoms with van der Waals surface area (Å²) in [5, 5.41) is 3.10. The zero-order valence-corrected chi connectivity index (χ0v) is 12.7. The predicted octanol–water partition coefficient (Wildman–Crippen LogP) is 2.78. The second-order valence-electron chi connectivity index (χ2n) is 4.89. The van der Waals surface area contributed by atoms with Gasteiger partial charge in [-0.15, -0.1) is 0 Å². The average Bonchev–Trinajstić information content (AvgIpc) is 2.30. The molecule has 0 saturated carbocycles. The molecule has 0 bridgehead atoms. The zero-order chi connectivity index (χ0) is 13.3. The summed E-state index contributed by atoms with van der Waals surface area (Å²) in [7, 11) is 1.85. The van der Waals surface area contributed by atoms with E-state index in [1.54, 1.807) is 0 Å². The van der Waals surface area contributed by atoms with Crippen molar-refractivity contribution in [3.8, 4) is 0 Å². The quantitative estimate of drug-likeness (QED) is 0.911. The fraction of sp³-hybridized carbons (Fsp3) is 0.500. The van der Waals surface area contributed by atoms with Crippen LogP contribution < -0.4 is 10.2 Å². The molecule has 0 radical (unpaired) electrons. The number of likely N-dealkylation sites (N-methyl/N-ethyl adjacent to an activating group) is 1. The van der Waals surface area contributed by atoms with Crippen LogP contribution in [0, 0.1) is 13.8 Å². The molecule has 1 saturated heterocycles. The highest BCUT2D eigenvalue weighted by atomic mass is 79.9. The van der Waals surface area contributed by atoms with Crippen molar-refractivity contribution in [3.63, 3.8) is 0 Å². The van der Waals surface area contributed by atoms with Crippen LogP contribution in [-0.2, 0) is 4.79 Å². The fourth-order valence-corrected chi connectivity index (χ4v) is 3.50. The first-order chi connectivity index (χ1) is 8.54. The van der Waals surface area contributed by atoms with E-state index in [4.69, 9.17) is 0 Å². The van der Waals surface area contributed by atoms with Crippen molar-refractivity contribution in [1.29, 1.82) is 0 Å². The first-order valence-corrected chi connectivity index (χ1v) is 7.09. The molecule has 1 amide bonds. The zero-order valence-electron chi connectivity index (χ0n) is 11.1. The Morgan fingerprint density at radius 2 is 2.11 bits per heavy atom. The Morgan fingerprint density at radius 1 is 1.39 bits per heavy atom. The maximum absolute atomic E-state index is 12.4. The van der Waals surface area contributed by atoms with Gasteiger partial charge in [0.05, 0.1) is 11.7 Å². The molecule has 0 aromatic heterocycles. The van der Waals surface area contributed by atoms with Gasteiger partial charge in [0.25, 0.3) is 0 Å². The Labute approximate surface area is 117 Å². The molecule has 1 aliphatic heterocycles. The molecule has 1 heterocycles. The fourth-order valence-electron chi connectivity index (χ4n) is 2.62. The molecule has 0 aliphatic carbocycles. The van der Waals surface area contributed by atoms with Gasteiger partial charge in [0.2, 0.25) is 5.91 Å². The number of anilines is 1. The lowest BCUT2D eigenvalue weighted by molar-refractivity contribution is -0.121. The molecule has 1 aliphatic rings. The Balaban J connectivity index is 2.39. The van der Waals surface area contributed by atoms with Gasteiger partial charge in [0.15, 0.2) is 0 Å². The SMILES string of the molecule is CNC1CCCN(c2c(C)cc(C)cc2Br)C1=O. The van der Waals surface area contributed by atoms with Crippen molar-refractivity contribution in [2.75, 3.05) is 18.5 Å². The van der Waals surface area contributed by atoms with E-state index in [1.165, 1.54) is 5.56 Å². The van der Waals surface area contributed by atoms with Crippen molar-refractivity contribution >= 4 is 27.5 Å². The smallest absolute Gasteiger partial charge is 0.244 e. The van der Waals surface area contributed by atoms with Crippen LogP contribution in [0.25, 0.3) is 0 Å². The number of aryl methyl sites for hydroxylation is 2. The summed E-state index contributed by atoms with van der Waals surface area (Å²) in [5.74, 6) is 0.177. The summed E-state index contributed by atoms with van der Waals surface area (Å²) in [4.78, 5) is 14.3. The number of nitrogens with one attached hydrogen (secondary N) is 1. The first-order valence-electron chi connectivity index (χ1n) is 6.30. The lowest BCUT2D eigenvalue weighted by atomic mass is 10.0. The van der Waals surface area contributed by atoms with Crippen molar-refractivity contribution in [3.05, 3.63) is 27.7 Å². The van der Waals surface area contributed by atoms with Gasteiger partial charge in [-0.1, -0.05) is 6.07 Å². The van der Waals surface area contributed by atoms with Crippen molar-refractivity contribution in [1.82, 2.24) is 5.32 Å². The van der Waals surface area contributed by atoms with Crippen LogP contribution >= 0.6 is 15.9 Å². The molecule has 1 atom stereocenters. The maximum atomic E-state index is 12.4. The van der Waals surface area contributed by atoms with E-state index in [1.807, 2.05) is 11.9 Å². The molecule has 4 heteroatoms. The second kappa shape index (κ2) is 5.41. The number of hydrogen-bond acceptors (Lipinski definition) is 2. The number of piperidine rings is 1. The standard InChI is InChI=1S/C14H19BrN2O/c1-9-7-10(2)13(11(15)8-9)17-6-4-5-12(16-3)14(17)18/h7-8,12,16H,4-6H2,1-3H3. The molecule has 1 N–H and O–H groups in total. The van der Waals surface area contributed by atoms with Gasteiger partial charge in [-0.3, -0.25) is 4.79 Å². The van der Waals surface area contributed by atoms with Gasteiger partial charge in [-0.25, -0.2) is 0 Å². The number of halogens is 1. The summed E-state index contributed by atoms with van der Waals surface area (Å²) in [5.41, 5.74) is 3.37. The molecule has 98 valence electrons. The van der Waals surface area contributed by atoms with Crippen LogP contribution in [0.15, 0.2) is 16.6 Å². The molecule has 2 rings (SSSR count). The summed E-state index contributed by atoms with van der Waals surface area (Å²) >= 11 is 3.59. The van der Waals surface area contributed by atoms with Crippen LogP contribution in [0.3, 0.4) is 0 Å². The monoisotopic (exact) mass is 310 g/mol. The van der Waals surface area contributed by atoms with Gasteiger partial charge in [-0.2, -0.15) is 0 Å². The van der Waals surface area contributed by atoms with Gasteiger partial charge < -0.3 is 10.2 Å². The molecule has 1 aromatic carbocycles. The lowest BCUT2D eigenvalue weighted by Gasteiger charge is -2.33. The molecular weight excluding hydrogens is 292 g/mol. The topological polar surface area (TPSA) is 32.3 Å². The third-order valence-electron chi connectivity index (χ3n) is 3.46. The normalized spacial score (nSPS) is 20.3. The second-order valence-corrected chi connectivity index (χ2v) is 5.74. The predicted molar refractivity (Wildman–Crippen MR) is 78.1 cm³/mol. The molecule has 18 heavy (non-hydrogen) atoms. The largest absolute Gasteiger partial charge is 0.310 e. The average molecular weight is 311 g/mol. The van der Waals surface area contributed by atoms with Crippen LogP contribution in [0.1, 0.15) is 24.0 Å². The summed E-state index contributed by atoms with van der Waals surface area (Å²) in [6, 6.07) is 4.14. The van der Waals surface area contributed by atoms with E-state index < -0.39 is 0 Å². The highest BCUT2D eigenvalue weighted by molar-refractivity contribution is 9.10. The number of rotatable bonds is 2. The first kappa shape index (κ1) is 13.6. The summed E-state index contributed by atoms with van der Waals surface area (Å²) < 4.78 is 1.00.